The van der Waals surface area contributed by atoms with Crippen molar-refractivity contribution in [1.29, 1.82) is 0 Å². The number of amides is 1. The normalized spacial score (nSPS) is 16.9. The Morgan fingerprint density at radius 2 is 2.11 bits per heavy atom. The molecule has 9 heteroatoms. The maximum atomic E-state index is 12.8. The van der Waals surface area contributed by atoms with Crippen molar-refractivity contribution in [3.63, 3.8) is 0 Å². The number of nitrogens with zero attached hydrogens (tertiary/aromatic N) is 4. The zero-order chi connectivity index (χ0) is 20.3. The molecule has 0 saturated carbocycles. The van der Waals surface area contributed by atoms with Gasteiger partial charge in [0.1, 0.15) is 6.10 Å². The predicted octanol–water partition coefficient (Wildman–Crippen LogP) is 2.78. The summed E-state index contributed by atoms with van der Waals surface area (Å²) in [5.41, 5.74) is -0.409. The molecule has 150 valence electrons. The van der Waals surface area contributed by atoms with Gasteiger partial charge in [0, 0.05) is 27.1 Å². The highest BCUT2D eigenvalue weighted by Gasteiger charge is 2.31. The van der Waals surface area contributed by atoms with Gasteiger partial charge in [-0.3, -0.25) is 9.78 Å². The molecule has 2 heterocycles. The highest BCUT2D eigenvalue weighted by atomic mass is 19.4. The number of ether oxygens (including phenoxy) is 1. The Kier molecular flexibility index (Phi) is 5.71. The van der Waals surface area contributed by atoms with Crippen LogP contribution < -0.4 is 9.64 Å². The van der Waals surface area contributed by atoms with Gasteiger partial charge in [0.25, 0.3) is 0 Å². The molecule has 0 N–H and O–H groups in total. The van der Waals surface area contributed by atoms with Crippen LogP contribution in [0.1, 0.15) is 17.5 Å². The van der Waals surface area contributed by atoms with E-state index < -0.39 is 11.7 Å². The molecule has 1 aliphatic heterocycles. The van der Waals surface area contributed by atoms with Crippen molar-refractivity contribution in [2.75, 3.05) is 32.1 Å². The lowest BCUT2D eigenvalue weighted by molar-refractivity contribution is -0.138. The Labute approximate surface area is 160 Å². The maximum absolute atomic E-state index is 12.8. The first-order valence-electron chi connectivity index (χ1n) is 8.82. The lowest BCUT2D eigenvalue weighted by Gasteiger charge is -2.18. The summed E-state index contributed by atoms with van der Waals surface area (Å²) in [6, 6.07) is 4.86. The molecule has 1 amide bonds. The van der Waals surface area contributed by atoms with E-state index in [4.69, 9.17) is 4.74 Å². The molecule has 0 bridgehead atoms. The SMILES string of the molecule is CN(C)c1cncc(OC2CCN(C(=O)Cc3cccc(C(F)(F)F)c3)C2)n1. The van der Waals surface area contributed by atoms with E-state index in [9.17, 15) is 18.0 Å². The van der Waals surface area contributed by atoms with E-state index in [1.54, 1.807) is 16.0 Å². The number of hydrogen-bond acceptors (Lipinski definition) is 5. The van der Waals surface area contributed by atoms with Crippen molar-refractivity contribution in [2.45, 2.75) is 25.1 Å². The van der Waals surface area contributed by atoms with Gasteiger partial charge in [-0.2, -0.15) is 18.2 Å². The van der Waals surface area contributed by atoms with Crippen LogP contribution in [-0.2, 0) is 17.4 Å². The van der Waals surface area contributed by atoms with Crippen LogP contribution in [0.4, 0.5) is 19.0 Å². The summed E-state index contributed by atoms with van der Waals surface area (Å²) in [6.45, 7) is 0.856. The summed E-state index contributed by atoms with van der Waals surface area (Å²) >= 11 is 0. The number of carbonyl (C=O) groups is 1. The van der Waals surface area contributed by atoms with E-state index in [2.05, 4.69) is 9.97 Å². The molecule has 0 radical (unpaired) electrons. The number of alkyl halides is 3. The van der Waals surface area contributed by atoms with Gasteiger partial charge in [-0.15, -0.1) is 0 Å². The number of rotatable bonds is 5. The van der Waals surface area contributed by atoms with Crippen molar-refractivity contribution in [3.05, 3.63) is 47.8 Å². The molecular weight excluding hydrogens is 373 g/mol. The number of hydrogen-bond donors (Lipinski definition) is 0. The number of benzene rings is 1. The van der Waals surface area contributed by atoms with Crippen molar-refractivity contribution in [2.24, 2.45) is 0 Å². The minimum Gasteiger partial charge on any atom is -0.471 e. The van der Waals surface area contributed by atoms with E-state index >= 15 is 0 Å². The fourth-order valence-corrected chi connectivity index (χ4v) is 2.98. The van der Waals surface area contributed by atoms with Gasteiger partial charge >= 0.3 is 6.18 Å². The molecule has 1 aromatic carbocycles. The third kappa shape index (κ3) is 4.90. The molecule has 1 saturated heterocycles. The van der Waals surface area contributed by atoms with Crippen molar-refractivity contribution < 1.29 is 22.7 Å². The molecule has 0 spiro atoms. The second-order valence-corrected chi connectivity index (χ2v) is 6.85. The molecule has 0 aliphatic carbocycles. The van der Waals surface area contributed by atoms with E-state index in [0.29, 0.717) is 36.8 Å². The average molecular weight is 394 g/mol. The Bertz CT molecular complexity index is 842. The Morgan fingerprint density at radius 1 is 1.32 bits per heavy atom. The second-order valence-electron chi connectivity index (χ2n) is 6.85. The van der Waals surface area contributed by atoms with Gasteiger partial charge in [0.15, 0.2) is 5.82 Å². The van der Waals surface area contributed by atoms with Crippen molar-refractivity contribution >= 4 is 11.7 Å². The third-order valence-corrected chi connectivity index (χ3v) is 4.45. The number of likely N-dealkylation sites (tertiary alicyclic amines) is 1. The van der Waals surface area contributed by atoms with Crippen molar-refractivity contribution in [3.8, 4) is 5.88 Å². The van der Waals surface area contributed by atoms with Gasteiger partial charge in [0.05, 0.1) is 30.9 Å². The molecule has 28 heavy (non-hydrogen) atoms. The molecule has 6 nitrogen and oxygen atoms in total. The van der Waals surface area contributed by atoms with Crippen LogP contribution in [0, 0.1) is 0 Å². The fraction of sp³-hybridized carbons (Fsp3) is 0.421. The van der Waals surface area contributed by atoms with Crippen LogP contribution in [0.15, 0.2) is 36.7 Å². The summed E-state index contributed by atoms with van der Waals surface area (Å²) in [6.07, 6.45) is -0.966. The number of anilines is 1. The van der Waals surface area contributed by atoms with Crippen LogP contribution in [-0.4, -0.2) is 54.1 Å². The molecule has 1 fully saturated rings. The van der Waals surface area contributed by atoms with E-state index in [1.807, 2.05) is 14.1 Å². The smallest absolute Gasteiger partial charge is 0.416 e. The largest absolute Gasteiger partial charge is 0.471 e. The molecule has 1 unspecified atom stereocenters. The van der Waals surface area contributed by atoms with E-state index in [1.165, 1.54) is 18.3 Å². The summed E-state index contributed by atoms with van der Waals surface area (Å²) in [4.78, 5) is 24.3. The molecule has 1 atom stereocenters. The zero-order valence-corrected chi connectivity index (χ0v) is 15.6. The van der Waals surface area contributed by atoms with Gasteiger partial charge in [0.2, 0.25) is 11.8 Å². The molecule has 1 aliphatic rings. The predicted molar refractivity (Wildman–Crippen MR) is 97.1 cm³/mol. The summed E-state index contributed by atoms with van der Waals surface area (Å²) in [5.74, 6) is 0.815. The van der Waals surface area contributed by atoms with Gasteiger partial charge in [-0.25, -0.2) is 0 Å². The average Bonchev–Trinajstić information content (AvgIpc) is 3.10. The van der Waals surface area contributed by atoms with Crippen LogP contribution >= 0.6 is 0 Å². The zero-order valence-electron chi connectivity index (χ0n) is 15.6. The molecule has 2 aromatic rings. The van der Waals surface area contributed by atoms with E-state index in [0.717, 1.165) is 12.1 Å². The third-order valence-electron chi connectivity index (χ3n) is 4.45. The van der Waals surface area contributed by atoms with Crippen LogP contribution in [0.5, 0.6) is 5.88 Å². The second kappa shape index (κ2) is 8.04. The first-order chi connectivity index (χ1) is 13.2. The minimum absolute atomic E-state index is 0.0768. The standard InChI is InChI=1S/C19H21F3N4O2/c1-25(2)16-10-23-11-17(24-16)28-15-6-7-26(12-15)18(27)9-13-4-3-5-14(8-13)19(20,21)22/h3-5,8,10-11,15H,6-7,9,12H2,1-2H3. The lowest BCUT2D eigenvalue weighted by atomic mass is 10.1. The summed E-state index contributed by atoms with van der Waals surface area (Å²) < 4.78 is 44.3. The van der Waals surface area contributed by atoms with Crippen LogP contribution in [0.3, 0.4) is 0 Å². The quantitative estimate of drug-likeness (QED) is 0.781. The topological polar surface area (TPSA) is 58.6 Å². The molecular formula is C19H21F3N4O2. The van der Waals surface area contributed by atoms with Gasteiger partial charge in [-0.05, 0) is 11.6 Å². The summed E-state index contributed by atoms with van der Waals surface area (Å²) in [7, 11) is 3.69. The number of carbonyl (C=O) groups excluding carboxylic acids is 1. The highest BCUT2D eigenvalue weighted by molar-refractivity contribution is 5.79. The molecule has 1 aromatic heterocycles. The van der Waals surface area contributed by atoms with Gasteiger partial charge < -0.3 is 14.5 Å². The van der Waals surface area contributed by atoms with E-state index in [-0.39, 0.29) is 18.4 Å². The van der Waals surface area contributed by atoms with Crippen LogP contribution in [0.25, 0.3) is 0 Å². The van der Waals surface area contributed by atoms with Crippen molar-refractivity contribution in [1.82, 2.24) is 14.9 Å². The first kappa shape index (κ1) is 19.9. The fourth-order valence-electron chi connectivity index (χ4n) is 2.98. The first-order valence-corrected chi connectivity index (χ1v) is 8.82. The number of aromatic nitrogens is 2. The maximum Gasteiger partial charge on any atom is 0.416 e. The minimum atomic E-state index is -4.42. The van der Waals surface area contributed by atoms with Crippen LogP contribution in [0.2, 0.25) is 0 Å². The summed E-state index contributed by atoms with van der Waals surface area (Å²) in [5, 5.41) is 0. The Balaban J connectivity index is 1.58. The lowest BCUT2D eigenvalue weighted by Crippen LogP contribution is -2.32. The Hall–Kier alpha value is -2.84. The molecule has 3 rings (SSSR count). The monoisotopic (exact) mass is 394 g/mol. The highest BCUT2D eigenvalue weighted by Crippen LogP contribution is 2.29. The number of halogens is 3. The van der Waals surface area contributed by atoms with Gasteiger partial charge in [-0.1, -0.05) is 18.2 Å². The Morgan fingerprint density at radius 3 is 2.82 bits per heavy atom.